The van der Waals surface area contributed by atoms with E-state index in [-0.39, 0.29) is 16.9 Å². The maximum absolute atomic E-state index is 13.6. The van der Waals surface area contributed by atoms with Crippen LogP contribution < -0.4 is 11.1 Å². The molecule has 5 nitrogen and oxygen atoms in total. The highest BCUT2D eigenvalue weighted by atomic mass is 19.1. The van der Waals surface area contributed by atoms with Gasteiger partial charge in [-0.2, -0.15) is 0 Å². The van der Waals surface area contributed by atoms with Crippen molar-refractivity contribution >= 4 is 17.3 Å². The number of nitrogens with one attached hydrogen (secondary N) is 1. The molecule has 4 N–H and O–H groups in total. The van der Waals surface area contributed by atoms with Gasteiger partial charge in [0, 0.05) is 18.8 Å². The van der Waals surface area contributed by atoms with E-state index in [1.165, 1.54) is 6.07 Å². The highest BCUT2D eigenvalue weighted by Gasteiger charge is 2.12. The Morgan fingerprint density at radius 1 is 1.45 bits per heavy atom. The van der Waals surface area contributed by atoms with Crippen LogP contribution in [0.25, 0.3) is 0 Å². The summed E-state index contributed by atoms with van der Waals surface area (Å²) in [4.78, 5) is 10.9. The molecule has 0 radical (unpaired) electrons. The van der Waals surface area contributed by atoms with Crippen molar-refractivity contribution in [1.29, 1.82) is 0 Å². The van der Waals surface area contributed by atoms with E-state index in [9.17, 15) is 9.18 Å². The average Bonchev–Trinajstić information content (AvgIpc) is 2.34. The molecule has 0 aliphatic carbocycles. The second-order valence-corrected chi connectivity index (χ2v) is 4.95. The van der Waals surface area contributed by atoms with Gasteiger partial charge in [0.2, 0.25) is 0 Å². The summed E-state index contributed by atoms with van der Waals surface area (Å²) in [6.07, 6.45) is 0.972. The van der Waals surface area contributed by atoms with Crippen LogP contribution in [0.5, 0.6) is 0 Å². The van der Waals surface area contributed by atoms with Gasteiger partial charge in [-0.1, -0.05) is 13.8 Å². The summed E-state index contributed by atoms with van der Waals surface area (Å²) < 4.78 is 19.0. The van der Waals surface area contributed by atoms with Crippen molar-refractivity contribution in [3.05, 3.63) is 23.5 Å². The Morgan fingerprint density at radius 2 is 2.15 bits per heavy atom. The number of benzene rings is 1. The highest BCUT2D eigenvalue weighted by molar-refractivity contribution is 5.94. The number of hydrogen-bond donors (Lipinski definition) is 3. The van der Waals surface area contributed by atoms with Gasteiger partial charge >= 0.3 is 5.97 Å². The number of nitrogens with two attached hydrogens (primary N) is 1. The molecular formula is C14H21FN2O3. The van der Waals surface area contributed by atoms with Crippen molar-refractivity contribution in [2.45, 2.75) is 20.3 Å². The quantitative estimate of drug-likeness (QED) is 0.504. The van der Waals surface area contributed by atoms with Gasteiger partial charge in [-0.05, 0) is 24.5 Å². The maximum Gasteiger partial charge on any atom is 0.337 e. The number of aromatic carboxylic acids is 1. The van der Waals surface area contributed by atoms with Gasteiger partial charge in [-0.25, -0.2) is 9.18 Å². The number of carboxylic acid groups (broad SMARTS) is 1. The van der Waals surface area contributed by atoms with E-state index in [1.807, 2.05) is 0 Å². The van der Waals surface area contributed by atoms with E-state index in [4.69, 9.17) is 15.6 Å². The SMILES string of the molecule is CC(C)CCOCCNc1cc(C(=O)O)c(N)cc1F. The molecule has 0 aromatic heterocycles. The van der Waals surface area contributed by atoms with Crippen molar-refractivity contribution in [3.8, 4) is 0 Å². The summed E-state index contributed by atoms with van der Waals surface area (Å²) in [7, 11) is 0. The number of halogens is 1. The van der Waals surface area contributed by atoms with Crippen LogP contribution in [-0.4, -0.2) is 30.8 Å². The molecule has 0 amide bonds. The molecule has 20 heavy (non-hydrogen) atoms. The number of rotatable bonds is 8. The van der Waals surface area contributed by atoms with E-state index in [2.05, 4.69) is 19.2 Å². The van der Waals surface area contributed by atoms with E-state index < -0.39 is 11.8 Å². The summed E-state index contributed by atoms with van der Waals surface area (Å²) in [5.41, 5.74) is 5.35. The summed E-state index contributed by atoms with van der Waals surface area (Å²) in [6, 6.07) is 2.20. The maximum atomic E-state index is 13.6. The highest BCUT2D eigenvalue weighted by Crippen LogP contribution is 2.22. The number of ether oxygens (including phenoxy) is 1. The lowest BCUT2D eigenvalue weighted by molar-refractivity contribution is 0.0698. The summed E-state index contributed by atoms with van der Waals surface area (Å²) >= 11 is 0. The monoisotopic (exact) mass is 284 g/mol. The number of nitrogen functional groups attached to an aromatic ring is 1. The Morgan fingerprint density at radius 3 is 2.75 bits per heavy atom. The lowest BCUT2D eigenvalue weighted by Crippen LogP contribution is -2.13. The molecular weight excluding hydrogens is 263 g/mol. The fourth-order valence-corrected chi connectivity index (χ4v) is 1.59. The average molecular weight is 284 g/mol. The first-order valence-electron chi connectivity index (χ1n) is 6.55. The number of carbonyl (C=O) groups is 1. The third-order valence-corrected chi connectivity index (χ3v) is 2.77. The van der Waals surface area contributed by atoms with Crippen molar-refractivity contribution in [1.82, 2.24) is 0 Å². The van der Waals surface area contributed by atoms with Crippen molar-refractivity contribution < 1.29 is 19.0 Å². The van der Waals surface area contributed by atoms with Crippen LogP contribution in [0.1, 0.15) is 30.6 Å². The Hall–Kier alpha value is -1.82. The minimum atomic E-state index is -1.18. The molecule has 0 bridgehead atoms. The zero-order valence-electron chi connectivity index (χ0n) is 11.8. The third-order valence-electron chi connectivity index (χ3n) is 2.77. The number of hydrogen-bond acceptors (Lipinski definition) is 4. The predicted molar refractivity (Wildman–Crippen MR) is 76.5 cm³/mol. The van der Waals surface area contributed by atoms with Crippen LogP contribution in [0, 0.1) is 11.7 Å². The summed E-state index contributed by atoms with van der Waals surface area (Å²) in [5.74, 6) is -1.18. The third kappa shape index (κ3) is 5.05. The van der Waals surface area contributed by atoms with Crippen LogP contribution in [-0.2, 0) is 4.74 Å². The van der Waals surface area contributed by atoms with Gasteiger partial charge < -0.3 is 20.9 Å². The van der Waals surface area contributed by atoms with Crippen LogP contribution in [0.2, 0.25) is 0 Å². The van der Waals surface area contributed by atoms with Crippen LogP contribution in [0.3, 0.4) is 0 Å². The van der Waals surface area contributed by atoms with E-state index >= 15 is 0 Å². The molecule has 0 fully saturated rings. The first-order valence-corrected chi connectivity index (χ1v) is 6.55. The molecule has 0 aliphatic heterocycles. The molecule has 0 atom stereocenters. The molecule has 0 saturated heterocycles. The van der Waals surface area contributed by atoms with Crippen molar-refractivity contribution in [3.63, 3.8) is 0 Å². The van der Waals surface area contributed by atoms with Crippen molar-refractivity contribution in [2.75, 3.05) is 30.8 Å². The lowest BCUT2D eigenvalue weighted by atomic mass is 10.1. The molecule has 0 unspecified atom stereocenters. The standard InChI is InChI=1S/C14H21FN2O3/c1-9(2)3-5-20-6-4-17-13-7-10(14(18)19)12(16)8-11(13)15/h7-9,17H,3-6,16H2,1-2H3,(H,18,19). The van der Waals surface area contributed by atoms with Gasteiger partial charge in [-0.3, -0.25) is 0 Å². The van der Waals surface area contributed by atoms with Gasteiger partial charge in [0.1, 0.15) is 5.82 Å². The molecule has 1 aromatic rings. The molecule has 1 aromatic carbocycles. The normalized spacial score (nSPS) is 10.8. The van der Waals surface area contributed by atoms with E-state index in [1.54, 1.807) is 0 Å². The predicted octanol–water partition coefficient (Wildman–Crippen LogP) is 2.58. The zero-order chi connectivity index (χ0) is 15.1. The molecule has 1 rings (SSSR count). The van der Waals surface area contributed by atoms with E-state index in [0.29, 0.717) is 25.7 Å². The Balaban J connectivity index is 2.47. The number of carboxylic acids is 1. The topological polar surface area (TPSA) is 84.6 Å². The van der Waals surface area contributed by atoms with Gasteiger partial charge in [0.15, 0.2) is 0 Å². The molecule has 6 heteroatoms. The van der Waals surface area contributed by atoms with E-state index in [0.717, 1.165) is 12.5 Å². The zero-order valence-corrected chi connectivity index (χ0v) is 11.8. The van der Waals surface area contributed by atoms with Crippen LogP contribution >= 0.6 is 0 Å². The molecule has 112 valence electrons. The second kappa shape index (κ2) is 7.69. The van der Waals surface area contributed by atoms with Gasteiger partial charge in [0.05, 0.1) is 17.9 Å². The van der Waals surface area contributed by atoms with Crippen LogP contribution in [0.15, 0.2) is 12.1 Å². The Labute approximate surface area is 117 Å². The van der Waals surface area contributed by atoms with Crippen LogP contribution in [0.4, 0.5) is 15.8 Å². The number of anilines is 2. The smallest absolute Gasteiger partial charge is 0.337 e. The first-order chi connectivity index (χ1) is 9.41. The Bertz CT molecular complexity index is 464. The van der Waals surface area contributed by atoms with Gasteiger partial charge in [0.25, 0.3) is 0 Å². The fourth-order valence-electron chi connectivity index (χ4n) is 1.59. The molecule has 0 aliphatic rings. The largest absolute Gasteiger partial charge is 0.478 e. The minimum Gasteiger partial charge on any atom is -0.478 e. The molecule has 0 spiro atoms. The lowest BCUT2D eigenvalue weighted by Gasteiger charge is -2.11. The summed E-state index contributed by atoms with van der Waals surface area (Å²) in [6.45, 7) is 5.71. The molecule has 0 saturated carbocycles. The first kappa shape index (κ1) is 16.2. The fraction of sp³-hybridized carbons (Fsp3) is 0.500. The summed E-state index contributed by atoms with van der Waals surface area (Å²) in [5, 5.41) is 11.7. The van der Waals surface area contributed by atoms with Crippen molar-refractivity contribution in [2.24, 2.45) is 5.92 Å². The molecule has 0 heterocycles. The van der Waals surface area contributed by atoms with Gasteiger partial charge in [-0.15, -0.1) is 0 Å². The minimum absolute atomic E-state index is 0.0891. The second-order valence-electron chi connectivity index (χ2n) is 4.95. The Kier molecular flexibility index (Phi) is 6.24.